The van der Waals surface area contributed by atoms with Gasteiger partial charge in [-0.3, -0.25) is 14.5 Å². The van der Waals surface area contributed by atoms with Crippen LogP contribution in [-0.2, 0) is 4.74 Å². The largest absolute Gasteiger partial charge is 0.497 e. The summed E-state index contributed by atoms with van der Waals surface area (Å²) >= 11 is 6.14. The van der Waals surface area contributed by atoms with Crippen LogP contribution in [0.3, 0.4) is 0 Å². The van der Waals surface area contributed by atoms with Crippen molar-refractivity contribution >= 4 is 40.1 Å². The van der Waals surface area contributed by atoms with E-state index in [4.69, 9.17) is 25.5 Å². The van der Waals surface area contributed by atoms with Gasteiger partial charge >= 0.3 is 5.97 Å². The standard InChI is InChI=1S/C27H20ClNO6/c1-3-34-27(32)15-7-10-18(11-8-15)29-23(16-5-4-6-19(13-16)33-2)22-24(30)20-14-17(28)9-12-21(20)35-25(22)26(29)31/h4-14,23H,3H2,1-2H3. The molecule has 0 saturated carbocycles. The predicted octanol–water partition coefficient (Wildman–Crippen LogP) is 5.38. The van der Waals surface area contributed by atoms with E-state index in [1.54, 1.807) is 68.6 Å². The maximum absolute atomic E-state index is 13.7. The molecule has 35 heavy (non-hydrogen) atoms. The smallest absolute Gasteiger partial charge is 0.338 e. The van der Waals surface area contributed by atoms with Crippen molar-refractivity contribution in [3.63, 3.8) is 0 Å². The fourth-order valence-electron chi connectivity index (χ4n) is 4.31. The zero-order valence-electron chi connectivity index (χ0n) is 18.9. The molecule has 0 spiro atoms. The molecule has 8 heteroatoms. The fourth-order valence-corrected chi connectivity index (χ4v) is 4.48. The van der Waals surface area contributed by atoms with Gasteiger partial charge < -0.3 is 13.9 Å². The van der Waals surface area contributed by atoms with Gasteiger partial charge in [-0.1, -0.05) is 23.7 Å². The Bertz CT molecular complexity index is 1530. The molecule has 5 rings (SSSR count). The highest BCUT2D eigenvalue weighted by molar-refractivity contribution is 6.31. The van der Waals surface area contributed by atoms with Crippen molar-refractivity contribution in [2.24, 2.45) is 0 Å². The van der Waals surface area contributed by atoms with E-state index >= 15 is 0 Å². The van der Waals surface area contributed by atoms with E-state index < -0.39 is 17.9 Å². The number of carbonyl (C=O) groups is 2. The normalized spacial score (nSPS) is 14.8. The topological polar surface area (TPSA) is 86.0 Å². The third kappa shape index (κ3) is 3.84. The van der Waals surface area contributed by atoms with Crippen LogP contribution < -0.4 is 15.1 Å². The SMILES string of the molecule is CCOC(=O)c1ccc(N2C(=O)c3oc4ccc(Cl)cc4c(=O)c3C2c2cccc(OC)c2)cc1. The number of amides is 1. The van der Waals surface area contributed by atoms with E-state index in [9.17, 15) is 14.4 Å². The van der Waals surface area contributed by atoms with Crippen LogP contribution in [-0.4, -0.2) is 25.6 Å². The van der Waals surface area contributed by atoms with Gasteiger partial charge in [0, 0.05) is 10.7 Å². The van der Waals surface area contributed by atoms with Crippen LogP contribution in [0.1, 0.15) is 45.0 Å². The summed E-state index contributed by atoms with van der Waals surface area (Å²) in [5.74, 6) is -0.383. The van der Waals surface area contributed by atoms with Crippen LogP contribution in [0.5, 0.6) is 5.75 Å². The molecule has 1 unspecified atom stereocenters. The van der Waals surface area contributed by atoms with Crippen LogP contribution in [0.15, 0.2) is 75.9 Å². The van der Waals surface area contributed by atoms with Crippen molar-refractivity contribution < 1.29 is 23.5 Å². The monoisotopic (exact) mass is 489 g/mol. The summed E-state index contributed by atoms with van der Waals surface area (Å²) < 4.78 is 16.4. The second-order valence-corrected chi connectivity index (χ2v) is 8.37. The molecular formula is C27H20ClNO6. The van der Waals surface area contributed by atoms with Crippen molar-refractivity contribution in [2.45, 2.75) is 13.0 Å². The first-order chi connectivity index (χ1) is 16.9. The summed E-state index contributed by atoms with van der Waals surface area (Å²) in [6.07, 6.45) is 0. The first kappa shape index (κ1) is 22.7. The first-order valence-corrected chi connectivity index (χ1v) is 11.3. The molecule has 1 atom stereocenters. The highest BCUT2D eigenvalue weighted by atomic mass is 35.5. The molecule has 0 fully saturated rings. The van der Waals surface area contributed by atoms with Gasteiger partial charge in [0.25, 0.3) is 5.91 Å². The molecule has 0 aliphatic carbocycles. The lowest BCUT2D eigenvalue weighted by Gasteiger charge is -2.25. The Morgan fingerprint density at radius 3 is 2.54 bits per heavy atom. The molecule has 0 N–H and O–H groups in total. The zero-order chi connectivity index (χ0) is 24.7. The molecule has 0 saturated heterocycles. The summed E-state index contributed by atoms with van der Waals surface area (Å²) in [4.78, 5) is 40.9. The van der Waals surface area contributed by atoms with Crippen LogP contribution in [0.4, 0.5) is 5.69 Å². The van der Waals surface area contributed by atoms with E-state index in [2.05, 4.69) is 0 Å². The Morgan fingerprint density at radius 2 is 1.83 bits per heavy atom. The van der Waals surface area contributed by atoms with Crippen molar-refractivity contribution in [2.75, 3.05) is 18.6 Å². The summed E-state index contributed by atoms with van der Waals surface area (Å²) in [6, 6.07) is 17.5. The number of hydrogen-bond acceptors (Lipinski definition) is 6. The fraction of sp³-hybridized carbons (Fsp3) is 0.148. The average Bonchev–Trinajstić information content (AvgIpc) is 3.17. The number of fused-ring (bicyclic) bond motifs is 2. The van der Waals surface area contributed by atoms with Gasteiger partial charge in [0.1, 0.15) is 11.3 Å². The first-order valence-electron chi connectivity index (χ1n) is 10.9. The summed E-state index contributed by atoms with van der Waals surface area (Å²) in [5.41, 5.74) is 1.66. The quantitative estimate of drug-likeness (QED) is 0.350. The number of carbonyl (C=O) groups excluding carboxylic acids is 2. The number of anilines is 1. The number of halogens is 1. The summed E-state index contributed by atoms with van der Waals surface area (Å²) in [5, 5.41) is 0.676. The summed E-state index contributed by atoms with van der Waals surface area (Å²) in [6.45, 7) is 1.98. The Hall–Kier alpha value is -4.10. The minimum Gasteiger partial charge on any atom is -0.497 e. The highest BCUT2D eigenvalue weighted by Crippen LogP contribution is 2.42. The Balaban J connectivity index is 1.72. The number of esters is 1. The highest BCUT2D eigenvalue weighted by Gasteiger charge is 2.43. The Kier molecular flexibility index (Phi) is 5.78. The number of ether oxygens (including phenoxy) is 2. The van der Waals surface area contributed by atoms with Crippen LogP contribution >= 0.6 is 11.6 Å². The van der Waals surface area contributed by atoms with E-state index in [1.807, 2.05) is 6.07 Å². The van der Waals surface area contributed by atoms with Gasteiger partial charge in [0.15, 0.2) is 5.43 Å². The summed E-state index contributed by atoms with van der Waals surface area (Å²) in [7, 11) is 1.54. The lowest BCUT2D eigenvalue weighted by atomic mass is 9.98. The minimum absolute atomic E-state index is 0.0351. The number of methoxy groups -OCH3 is 1. The van der Waals surface area contributed by atoms with Crippen LogP contribution in [0.2, 0.25) is 5.02 Å². The number of nitrogens with zero attached hydrogens (tertiary/aromatic N) is 1. The van der Waals surface area contributed by atoms with E-state index in [1.165, 1.54) is 11.0 Å². The third-order valence-electron chi connectivity index (χ3n) is 5.90. The maximum atomic E-state index is 13.7. The second-order valence-electron chi connectivity index (χ2n) is 7.94. The molecule has 3 aromatic carbocycles. The lowest BCUT2D eigenvalue weighted by molar-refractivity contribution is 0.0526. The van der Waals surface area contributed by atoms with E-state index in [0.717, 1.165) is 0 Å². The average molecular weight is 490 g/mol. The number of rotatable bonds is 5. The zero-order valence-corrected chi connectivity index (χ0v) is 19.7. The molecular weight excluding hydrogens is 470 g/mol. The molecule has 1 aliphatic rings. The molecule has 2 heterocycles. The van der Waals surface area contributed by atoms with Gasteiger partial charge in [-0.25, -0.2) is 4.79 Å². The second kappa shape index (κ2) is 8.92. The van der Waals surface area contributed by atoms with Crippen molar-refractivity contribution in [1.82, 2.24) is 0 Å². The molecule has 1 aromatic heterocycles. The van der Waals surface area contributed by atoms with E-state index in [0.29, 0.717) is 27.6 Å². The predicted molar refractivity (Wildman–Crippen MR) is 132 cm³/mol. The Labute approximate surface area is 205 Å². The number of benzene rings is 3. The van der Waals surface area contributed by atoms with Crippen molar-refractivity contribution in [1.29, 1.82) is 0 Å². The number of hydrogen-bond donors (Lipinski definition) is 0. The maximum Gasteiger partial charge on any atom is 0.338 e. The van der Waals surface area contributed by atoms with Gasteiger partial charge in [-0.05, 0) is 67.1 Å². The van der Waals surface area contributed by atoms with Crippen LogP contribution in [0, 0.1) is 0 Å². The molecule has 1 aliphatic heterocycles. The molecule has 176 valence electrons. The molecule has 0 bridgehead atoms. The van der Waals surface area contributed by atoms with Gasteiger partial charge in [0.05, 0.1) is 36.3 Å². The molecule has 0 radical (unpaired) electrons. The van der Waals surface area contributed by atoms with E-state index in [-0.39, 0.29) is 34.3 Å². The van der Waals surface area contributed by atoms with Gasteiger partial charge in [-0.2, -0.15) is 0 Å². The minimum atomic E-state index is -0.777. The van der Waals surface area contributed by atoms with Gasteiger partial charge in [-0.15, -0.1) is 0 Å². The third-order valence-corrected chi connectivity index (χ3v) is 6.13. The van der Waals surface area contributed by atoms with Gasteiger partial charge in [0.2, 0.25) is 5.76 Å². The van der Waals surface area contributed by atoms with Crippen molar-refractivity contribution in [3.05, 3.63) is 104 Å². The Morgan fingerprint density at radius 1 is 1.06 bits per heavy atom. The van der Waals surface area contributed by atoms with Crippen molar-refractivity contribution in [3.8, 4) is 5.75 Å². The molecule has 1 amide bonds. The molecule has 7 nitrogen and oxygen atoms in total. The lowest BCUT2D eigenvalue weighted by Crippen LogP contribution is -2.29. The van der Waals surface area contributed by atoms with Crippen LogP contribution in [0.25, 0.3) is 11.0 Å². The molecule has 4 aromatic rings.